The highest BCUT2D eigenvalue weighted by Gasteiger charge is 2.36. The molecule has 0 atom stereocenters. The molecule has 0 saturated heterocycles. The predicted molar refractivity (Wildman–Crippen MR) is 70.7 cm³/mol. The molecule has 0 spiro atoms. The van der Waals surface area contributed by atoms with E-state index in [0.717, 1.165) is 18.4 Å². The second kappa shape index (κ2) is 6.08. The van der Waals surface area contributed by atoms with Gasteiger partial charge in [0.15, 0.2) is 8.32 Å². The van der Waals surface area contributed by atoms with Gasteiger partial charge in [-0.2, -0.15) is 0 Å². The lowest BCUT2D eigenvalue weighted by Gasteiger charge is -2.35. The second-order valence-corrected chi connectivity index (χ2v) is 10.6. The van der Waals surface area contributed by atoms with Crippen molar-refractivity contribution < 1.29 is 4.43 Å². The van der Waals surface area contributed by atoms with Gasteiger partial charge in [-0.15, -0.1) is 0 Å². The van der Waals surface area contributed by atoms with Crippen molar-refractivity contribution in [2.24, 2.45) is 0 Å². The number of alkyl halides is 1. The van der Waals surface area contributed by atoms with Gasteiger partial charge in [0, 0.05) is 5.33 Å². The summed E-state index contributed by atoms with van der Waals surface area (Å²) in [4.78, 5) is 0. The monoisotopic (exact) mass is 278 g/mol. The van der Waals surface area contributed by atoms with E-state index in [1.54, 1.807) is 0 Å². The fraction of sp³-hybridized carbons (Fsp3) is 0.818. The summed E-state index contributed by atoms with van der Waals surface area (Å²) in [6, 6.07) is 0. The van der Waals surface area contributed by atoms with E-state index in [2.05, 4.69) is 61.9 Å². The fourth-order valence-corrected chi connectivity index (χ4v) is 1.93. The third-order valence-electron chi connectivity index (χ3n) is 2.79. The smallest absolute Gasteiger partial charge is 0.192 e. The summed E-state index contributed by atoms with van der Waals surface area (Å²) in [6.45, 7) is 12.1. The molecular weight excluding hydrogens is 256 g/mol. The largest absolute Gasteiger partial charge is 0.413 e. The number of hydrogen-bond acceptors (Lipinski definition) is 1. The Labute approximate surface area is 98.2 Å². The first-order chi connectivity index (χ1) is 6.31. The van der Waals surface area contributed by atoms with Crippen molar-refractivity contribution in [2.75, 3.05) is 11.9 Å². The quantitative estimate of drug-likeness (QED) is 0.413. The maximum Gasteiger partial charge on any atom is 0.192 e. The molecule has 0 aliphatic rings. The molecule has 14 heavy (non-hydrogen) atoms. The summed E-state index contributed by atoms with van der Waals surface area (Å²) in [5.74, 6) is 0. The SMILES string of the molecule is CC(C)(C)[Si](C)(C)OC/C=C/CCBr. The van der Waals surface area contributed by atoms with E-state index < -0.39 is 8.32 Å². The molecule has 0 aliphatic heterocycles. The molecule has 84 valence electrons. The van der Waals surface area contributed by atoms with Crippen LogP contribution in [0.25, 0.3) is 0 Å². The first kappa shape index (κ1) is 14.4. The highest BCUT2D eigenvalue weighted by atomic mass is 79.9. The van der Waals surface area contributed by atoms with Gasteiger partial charge in [-0.05, 0) is 24.6 Å². The minimum Gasteiger partial charge on any atom is -0.413 e. The van der Waals surface area contributed by atoms with Crippen molar-refractivity contribution in [3.05, 3.63) is 12.2 Å². The van der Waals surface area contributed by atoms with E-state index in [9.17, 15) is 0 Å². The lowest BCUT2D eigenvalue weighted by molar-refractivity contribution is 0.328. The molecule has 0 bridgehead atoms. The zero-order chi connectivity index (χ0) is 11.2. The van der Waals surface area contributed by atoms with Gasteiger partial charge in [0.05, 0.1) is 6.61 Å². The summed E-state index contributed by atoms with van der Waals surface area (Å²) in [5, 5.41) is 1.35. The normalized spacial score (nSPS) is 13.9. The van der Waals surface area contributed by atoms with Crippen LogP contribution in [0.3, 0.4) is 0 Å². The Morgan fingerprint density at radius 2 is 1.79 bits per heavy atom. The van der Waals surface area contributed by atoms with Crippen LogP contribution in [0, 0.1) is 0 Å². The zero-order valence-corrected chi connectivity index (χ0v) is 12.6. The number of allylic oxidation sites excluding steroid dienone is 1. The molecule has 1 nitrogen and oxygen atoms in total. The molecule has 3 heteroatoms. The fourth-order valence-electron chi connectivity index (χ4n) is 0.722. The molecule has 0 rings (SSSR count). The van der Waals surface area contributed by atoms with Gasteiger partial charge < -0.3 is 4.43 Å². The number of halogens is 1. The first-order valence-electron chi connectivity index (χ1n) is 5.16. The molecule has 0 radical (unpaired) electrons. The highest BCUT2D eigenvalue weighted by molar-refractivity contribution is 9.09. The summed E-state index contributed by atoms with van der Waals surface area (Å²) < 4.78 is 5.98. The van der Waals surface area contributed by atoms with Crippen LogP contribution < -0.4 is 0 Å². The first-order valence-corrected chi connectivity index (χ1v) is 9.19. The Morgan fingerprint density at radius 3 is 2.21 bits per heavy atom. The summed E-state index contributed by atoms with van der Waals surface area (Å²) >= 11 is 3.39. The predicted octanol–water partition coefficient (Wildman–Crippen LogP) is 4.35. The maximum absolute atomic E-state index is 5.98. The molecule has 0 N–H and O–H groups in total. The van der Waals surface area contributed by atoms with E-state index in [1.807, 2.05) is 0 Å². The lowest BCUT2D eigenvalue weighted by atomic mass is 10.2. The minimum absolute atomic E-state index is 0.316. The lowest BCUT2D eigenvalue weighted by Crippen LogP contribution is -2.40. The van der Waals surface area contributed by atoms with Crippen LogP contribution in [-0.4, -0.2) is 20.3 Å². The van der Waals surface area contributed by atoms with Crippen LogP contribution in [0.2, 0.25) is 18.1 Å². The molecule has 0 amide bonds. The van der Waals surface area contributed by atoms with Crippen molar-refractivity contribution >= 4 is 24.2 Å². The average molecular weight is 279 g/mol. The van der Waals surface area contributed by atoms with Crippen LogP contribution >= 0.6 is 15.9 Å². The topological polar surface area (TPSA) is 9.23 Å². The van der Waals surface area contributed by atoms with Crippen molar-refractivity contribution in [3.63, 3.8) is 0 Å². The molecular formula is C11H23BrOSi. The Balaban J connectivity index is 3.89. The molecule has 0 unspecified atom stereocenters. The van der Waals surface area contributed by atoms with Crippen LogP contribution in [0.15, 0.2) is 12.2 Å². The summed E-state index contributed by atoms with van der Waals surface area (Å²) in [7, 11) is -1.53. The average Bonchev–Trinajstić information content (AvgIpc) is 2.02. The Kier molecular flexibility index (Phi) is 6.26. The Morgan fingerprint density at radius 1 is 1.21 bits per heavy atom. The van der Waals surface area contributed by atoms with E-state index in [-0.39, 0.29) is 0 Å². The summed E-state index contributed by atoms with van der Waals surface area (Å²) in [6.07, 6.45) is 5.38. The molecule has 0 aliphatic carbocycles. The van der Waals surface area contributed by atoms with Crippen LogP contribution in [0.4, 0.5) is 0 Å². The number of hydrogen-bond donors (Lipinski definition) is 0. The van der Waals surface area contributed by atoms with E-state index >= 15 is 0 Å². The highest BCUT2D eigenvalue weighted by Crippen LogP contribution is 2.36. The van der Waals surface area contributed by atoms with Crippen molar-refractivity contribution in [2.45, 2.75) is 45.3 Å². The molecule has 0 aromatic carbocycles. The molecule has 0 heterocycles. The molecule has 0 fully saturated rings. The van der Waals surface area contributed by atoms with Crippen molar-refractivity contribution in [1.29, 1.82) is 0 Å². The summed E-state index contributed by atoms with van der Waals surface area (Å²) in [5.41, 5.74) is 0. The van der Waals surface area contributed by atoms with E-state index in [1.165, 1.54) is 0 Å². The van der Waals surface area contributed by atoms with Crippen LogP contribution in [0.5, 0.6) is 0 Å². The van der Waals surface area contributed by atoms with Gasteiger partial charge in [0.25, 0.3) is 0 Å². The maximum atomic E-state index is 5.98. The minimum atomic E-state index is -1.53. The third-order valence-corrected chi connectivity index (χ3v) is 7.75. The zero-order valence-electron chi connectivity index (χ0n) is 10.1. The van der Waals surface area contributed by atoms with Gasteiger partial charge in [-0.3, -0.25) is 0 Å². The van der Waals surface area contributed by atoms with E-state index in [0.29, 0.717) is 5.04 Å². The molecule has 0 aromatic heterocycles. The van der Waals surface area contributed by atoms with Crippen molar-refractivity contribution in [3.8, 4) is 0 Å². The van der Waals surface area contributed by atoms with Gasteiger partial charge in [-0.25, -0.2) is 0 Å². The van der Waals surface area contributed by atoms with Crippen molar-refractivity contribution in [1.82, 2.24) is 0 Å². The van der Waals surface area contributed by atoms with Crippen LogP contribution in [0.1, 0.15) is 27.2 Å². The Bertz CT molecular complexity index is 182. The van der Waals surface area contributed by atoms with Gasteiger partial charge >= 0.3 is 0 Å². The van der Waals surface area contributed by atoms with E-state index in [4.69, 9.17) is 4.43 Å². The van der Waals surface area contributed by atoms with Crippen LogP contribution in [-0.2, 0) is 4.43 Å². The molecule has 0 aromatic rings. The third kappa shape index (κ3) is 5.32. The Hall–Kier alpha value is 0.397. The molecule has 0 saturated carbocycles. The van der Waals surface area contributed by atoms with Gasteiger partial charge in [-0.1, -0.05) is 48.9 Å². The second-order valence-electron chi connectivity index (χ2n) is 5.02. The standard InChI is InChI=1S/C11H23BrOSi/c1-11(2,3)14(4,5)13-10-8-6-7-9-12/h6,8H,7,9-10H2,1-5H3/b8-6+. The number of rotatable bonds is 5. The van der Waals surface area contributed by atoms with Gasteiger partial charge in [0.1, 0.15) is 0 Å². The van der Waals surface area contributed by atoms with Gasteiger partial charge in [0.2, 0.25) is 0 Å².